The fourth-order valence-corrected chi connectivity index (χ4v) is 13.2. The van der Waals surface area contributed by atoms with Crippen LogP contribution >= 0.6 is 0 Å². The fourth-order valence-electron chi connectivity index (χ4n) is 13.2. The molecule has 6 nitrogen and oxygen atoms in total. The van der Waals surface area contributed by atoms with Gasteiger partial charge in [-0.1, -0.05) is 194 Å². The molecule has 0 saturated heterocycles. The zero-order valence-electron chi connectivity index (χ0n) is 44.4. The summed E-state index contributed by atoms with van der Waals surface area (Å²) in [5, 5.41) is 9.70. The molecule has 0 aliphatic rings. The van der Waals surface area contributed by atoms with Gasteiger partial charge in [0, 0.05) is 82.3 Å². The van der Waals surface area contributed by atoms with E-state index in [2.05, 4.69) is 297 Å². The van der Waals surface area contributed by atoms with Crippen molar-refractivity contribution in [3.05, 3.63) is 291 Å². The van der Waals surface area contributed by atoms with Gasteiger partial charge in [0.05, 0.1) is 66.9 Å². The maximum absolute atomic E-state index is 5.40. The Bertz CT molecular complexity index is 5240. The van der Waals surface area contributed by atoms with Gasteiger partial charge in [0.2, 0.25) is 0 Å². The summed E-state index contributed by atoms with van der Waals surface area (Å²) in [5.41, 5.74) is 20.4. The molecule has 0 saturated carbocycles. The molecular weight excluding hydrogens is 997 g/mol. The van der Waals surface area contributed by atoms with Crippen molar-refractivity contribution in [1.29, 1.82) is 0 Å². The van der Waals surface area contributed by atoms with Crippen LogP contribution in [0.2, 0.25) is 0 Å². The van der Waals surface area contributed by atoms with Crippen LogP contribution in [0.3, 0.4) is 0 Å². The Kier molecular flexibility index (Phi) is 10.2. The van der Waals surface area contributed by atoms with Crippen molar-refractivity contribution in [2.45, 2.75) is 0 Å². The molecule has 0 radical (unpaired) electrons. The van der Waals surface area contributed by atoms with Crippen LogP contribution in [0.4, 0.5) is 0 Å². The molecule has 5 heterocycles. The monoisotopic (exact) mass is 1040 g/mol. The van der Waals surface area contributed by atoms with Crippen LogP contribution in [-0.2, 0) is 0 Å². The van der Waals surface area contributed by atoms with Gasteiger partial charge in [-0.15, -0.1) is 0 Å². The molecule has 0 spiro atoms. The van der Waals surface area contributed by atoms with Crippen LogP contribution in [-0.4, -0.2) is 28.2 Å². The first-order valence-electron chi connectivity index (χ1n) is 28.0. The molecule has 0 amide bonds. The SMILES string of the molecule is c1ccc(-c2cc(-c3ccc(-n4c5ccccc5c5cc(-n6c7ccccc7c7ccccc76)ccc54)c(-c4ccccc4-n4c5ccccc5c5cc(-n6c7ccccc7c7ccccc76)ccc54)c3)nc(-c3ccccc3)n2)cc1. The zero-order chi connectivity index (χ0) is 53.8. The molecule has 5 aromatic heterocycles. The van der Waals surface area contributed by atoms with Gasteiger partial charge in [-0.2, -0.15) is 0 Å². The Morgan fingerprint density at radius 2 is 0.561 bits per heavy atom. The van der Waals surface area contributed by atoms with E-state index < -0.39 is 0 Å². The molecule has 12 aromatic carbocycles. The van der Waals surface area contributed by atoms with Gasteiger partial charge < -0.3 is 18.3 Å². The predicted octanol–water partition coefficient (Wildman–Crippen LogP) is 19.5. The number of hydrogen-bond acceptors (Lipinski definition) is 2. The van der Waals surface area contributed by atoms with E-state index in [1.165, 1.54) is 65.2 Å². The summed E-state index contributed by atoms with van der Waals surface area (Å²) >= 11 is 0. The smallest absolute Gasteiger partial charge is 0.160 e. The molecule has 382 valence electrons. The molecule has 0 aliphatic carbocycles. The Morgan fingerprint density at radius 1 is 0.207 bits per heavy atom. The first kappa shape index (κ1) is 45.9. The topological polar surface area (TPSA) is 45.5 Å². The highest BCUT2D eigenvalue weighted by molar-refractivity contribution is 6.15. The van der Waals surface area contributed by atoms with E-state index in [9.17, 15) is 0 Å². The predicted molar refractivity (Wildman–Crippen MR) is 341 cm³/mol. The van der Waals surface area contributed by atoms with Crippen LogP contribution in [0.15, 0.2) is 291 Å². The first-order valence-corrected chi connectivity index (χ1v) is 28.0. The summed E-state index contributed by atoms with van der Waals surface area (Å²) in [7, 11) is 0. The molecule has 0 N–H and O–H groups in total. The lowest BCUT2D eigenvalue weighted by Crippen LogP contribution is -2.03. The van der Waals surface area contributed by atoms with Gasteiger partial charge in [0.25, 0.3) is 0 Å². The molecule has 0 fully saturated rings. The van der Waals surface area contributed by atoms with Crippen LogP contribution in [0, 0.1) is 0 Å². The number of benzene rings is 12. The van der Waals surface area contributed by atoms with E-state index in [0.29, 0.717) is 5.82 Å². The number of nitrogens with zero attached hydrogens (tertiary/aromatic N) is 6. The average molecular weight is 1050 g/mol. The van der Waals surface area contributed by atoms with Gasteiger partial charge in [-0.25, -0.2) is 9.97 Å². The molecule has 17 rings (SSSR count). The lowest BCUT2D eigenvalue weighted by molar-refractivity contribution is 1.15. The van der Waals surface area contributed by atoms with Gasteiger partial charge in [0.15, 0.2) is 5.82 Å². The van der Waals surface area contributed by atoms with E-state index >= 15 is 0 Å². The number of rotatable bonds is 8. The molecule has 17 aromatic rings. The normalized spacial score (nSPS) is 11.9. The molecule has 6 heteroatoms. The summed E-state index contributed by atoms with van der Waals surface area (Å²) in [5.74, 6) is 0.676. The van der Waals surface area contributed by atoms with Crippen molar-refractivity contribution in [3.8, 4) is 67.8 Å². The quantitative estimate of drug-likeness (QED) is 0.152. The van der Waals surface area contributed by atoms with E-state index in [1.54, 1.807) is 0 Å². The Hall–Kier alpha value is -11.1. The van der Waals surface area contributed by atoms with Crippen molar-refractivity contribution in [1.82, 2.24) is 28.2 Å². The summed E-state index contributed by atoms with van der Waals surface area (Å²) in [6.45, 7) is 0. The number of hydrogen-bond donors (Lipinski definition) is 0. The fraction of sp³-hybridized carbons (Fsp3) is 0. The Balaban J connectivity index is 0.922. The van der Waals surface area contributed by atoms with E-state index in [0.717, 1.165) is 84.0 Å². The van der Waals surface area contributed by atoms with Gasteiger partial charge in [-0.05, 0) is 97.1 Å². The van der Waals surface area contributed by atoms with Crippen LogP contribution in [0.1, 0.15) is 0 Å². The second kappa shape index (κ2) is 18.2. The van der Waals surface area contributed by atoms with Crippen molar-refractivity contribution in [3.63, 3.8) is 0 Å². The van der Waals surface area contributed by atoms with Crippen molar-refractivity contribution < 1.29 is 0 Å². The zero-order valence-corrected chi connectivity index (χ0v) is 44.4. The third-order valence-electron chi connectivity index (χ3n) is 16.8. The van der Waals surface area contributed by atoms with Gasteiger partial charge in [-0.3, -0.25) is 0 Å². The van der Waals surface area contributed by atoms with Crippen molar-refractivity contribution in [2.24, 2.45) is 0 Å². The van der Waals surface area contributed by atoms with Gasteiger partial charge >= 0.3 is 0 Å². The second-order valence-corrected chi connectivity index (χ2v) is 21.3. The summed E-state index contributed by atoms with van der Waals surface area (Å²) < 4.78 is 9.78. The molecule has 0 unspecified atom stereocenters. The highest BCUT2D eigenvalue weighted by Crippen LogP contribution is 2.44. The van der Waals surface area contributed by atoms with Crippen LogP contribution in [0.5, 0.6) is 0 Å². The minimum absolute atomic E-state index is 0.676. The minimum atomic E-state index is 0.676. The van der Waals surface area contributed by atoms with E-state index in [1.807, 2.05) is 12.1 Å². The van der Waals surface area contributed by atoms with Gasteiger partial charge in [0.1, 0.15) is 0 Å². The average Bonchev–Trinajstić information content (AvgIpc) is 4.42. The lowest BCUT2D eigenvalue weighted by Gasteiger charge is -2.20. The number of para-hydroxylation sites is 7. The van der Waals surface area contributed by atoms with Crippen molar-refractivity contribution >= 4 is 87.2 Å². The molecule has 0 bridgehead atoms. The highest BCUT2D eigenvalue weighted by Gasteiger charge is 2.24. The maximum Gasteiger partial charge on any atom is 0.160 e. The summed E-state index contributed by atoms with van der Waals surface area (Å²) in [6, 6.07) is 105. The molecule has 82 heavy (non-hydrogen) atoms. The van der Waals surface area contributed by atoms with E-state index in [4.69, 9.17) is 9.97 Å². The molecular formula is C76H48N6. The standard InChI is InChI=1S/C76H48N6/c1-3-21-49(22-4-1)64-48-65(78-76(77-64)50-23-5-2-6-24-50)51-39-42-73(82-72-38-20-13-31-60(72)63-47-53(41-44-75(63)82)80-68-34-16-9-27-56(68)57-28-10-17-35-69(57)80)61(45-51)58-29-11-18-36-70(58)81-71-37-19-12-30-59(71)62-46-52(40-43-74(62)81)79-66-32-14-7-25-54(66)55-26-8-15-33-67(55)79/h1-48H. The number of fused-ring (bicyclic) bond motifs is 12. The Labute approximate surface area is 471 Å². The maximum atomic E-state index is 5.40. The summed E-state index contributed by atoms with van der Waals surface area (Å²) in [6.07, 6.45) is 0. The first-order chi connectivity index (χ1) is 40.7. The van der Waals surface area contributed by atoms with Crippen LogP contribution < -0.4 is 0 Å². The lowest BCUT2D eigenvalue weighted by atomic mass is 9.96. The Morgan fingerprint density at radius 3 is 1.04 bits per heavy atom. The number of aromatic nitrogens is 6. The molecule has 0 aliphatic heterocycles. The van der Waals surface area contributed by atoms with Crippen LogP contribution in [0.25, 0.3) is 155 Å². The highest BCUT2D eigenvalue weighted by atomic mass is 15.0. The second-order valence-electron chi connectivity index (χ2n) is 21.3. The third-order valence-corrected chi connectivity index (χ3v) is 16.8. The largest absolute Gasteiger partial charge is 0.309 e. The minimum Gasteiger partial charge on any atom is -0.309 e. The molecule has 0 atom stereocenters. The van der Waals surface area contributed by atoms with E-state index in [-0.39, 0.29) is 0 Å². The summed E-state index contributed by atoms with van der Waals surface area (Å²) in [4.78, 5) is 10.6. The third kappa shape index (κ3) is 7.01. The van der Waals surface area contributed by atoms with Crippen molar-refractivity contribution in [2.75, 3.05) is 0 Å².